The summed E-state index contributed by atoms with van der Waals surface area (Å²) < 4.78 is 29.9. The molecule has 2 heterocycles. The van der Waals surface area contributed by atoms with Gasteiger partial charge in [0.15, 0.2) is 0 Å². The Morgan fingerprint density at radius 2 is 1.93 bits per heavy atom. The molecule has 4 rings (SSSR count). The van der Waals surface area contributed by atoms with E-state index >= 15 is 0 Å². The highest BCUT2D eigenvalue weighted by Crippen LogP contribution is 2.25. The number of nitrogens with two attached hydrogens (primary N) is 1. The maximum Gasteiger partial charge on any atom is 0.387 e. The van der Waals surface area contributed by atoms with Gasteiger partial charge in [0.2, 0.25) is 0 Å². The van der Waals surface area contributed by atoms with E-state index in [9.17, 15) is 13.6 Å². The monoisotopic (exact) mass is 398 g/mol. The van der Waals surface area contributed by atoms with Gasteiger partial charge in [0, 0.05) is 42.9 Å². The number of fused-ring (bicyclic) bond motifs is 1. The van der Waals surface area contributed by atoms with Crippen LogP contribution in [0.25, 0.3) is 11.4 Å². The molecule has 0 fully saturated rings. The molecule has 0 bridgehead atoms. The number of alkyl halides is 2. The molecule has 1 aromatic heterocycles. The summed E-state index contributed by atoms with van der Waals surface area (Å²) in [5, 5.41) is 0. The molecule has 150 valence electrons. The minimum Gasteiger partial charge on any atom is -0.434 e. The smallest absolute Gasteiger partial charge is 0.387 e. The fraction of sp³-hybridized carbons (Fsp3) is 0.238. The minimum absolute atomic E-state index is 0.152. The molecule has 3 aromatic rings. The summed E-state index contributed by atoms with van der Waals surface area (Å²) in [7, 11) is 0. The fourth-order valence-corrected chi connectivity index (χ4v) is 3.48. The second-order valence-electron chi connectivity index (χ2n) is 6.91. The van der Waals surface area contributed by atoms with Crippen LogP contribution in [0.1, 0.15) is 16.8 Å². The Kier molecular flexibility index (Phi) is 5.26. The molecule has 8 heteroatoms. The zero-order valence-corrected chi connectivity index (χ0v) is 15.6. The molecule has 6 nitrogen and oxygen atoms in total. The predicted molar refractivity (Wildman–Crippen MR) is 106 cm³/mol. The molecule has 0 radical (unpaired) electrons. The Balaban J connectivity index is 1.55. The highest BCUT2D eigenvalue weighted by Gasteiger charge is 2.22. The SMILES string of the molecule is Nc1ccc(-c2nc3c(c(=O)[nH]2)CN(Cc2ccccc2OC(F)F)CC3)cc1. The number of nitrogen functional groups attached to an aromatic ring is 1. The first-order valence-corrected chi connectivity index (χ1v) is 9.22. The van der Waals surface area contributed by atoms with Crippen LogP contribution in [0, 0.1) is 0 Å². The molecule has 0 amide bonds. The van der Waals surface area contributed by atoms with E-state index in [0.29, 0.717) is 48.7 Å². The van der Waals surface area contributed by atoms with Gasteiger partial charge in [-0.25, -0.2) is 4.98 Å². The van der Waals surface area contributed by atoms with Crippen LogP contribution in [-0.4, -0.2) is 28.0 Å². The second-order valence-corrected chi connectivity index (χ2v) is 6.91. The Hall–Kier alpha value is -3.26. The van der Waals surface area contributed by atoms with E-state index in [4.69, 9.17) is 5.73 Å². The van der Waals surface area contributed by atoms with Crippen LogP contribution in [0.3, 0.4) is 0 Å². The van der Waals surface area contributed by atoms with Crippen molar-refractivity contribution in [3.8, 4) is 17.1 Å². The third-order valence-corrected chi connectivity index (χ3v) is 4.91. The van der Waals surface area contributed by atoms with E-state index in [0.717, 1.165) is 11.3 Å². The quantitative estimate of drug-likeness (QED) is 0.645. The van der Waals surface area contributed by atoms with Crippen LogP contribution in [0.2, 0.25) is 0 Å². The Bertz CT molecular complexity index is 1070. The van der Waals surface area contributed by atoms with Crippen LogP contribution in [0.15, 0.2) is 53.3 Å². The van der Waals surface area contributed by atoms with E-state index < -0.39 is 6.61 Å². The summed E-state index contributed by atoms with van der Waals surface area (Å²) in [6, 6.07) is 13.8. The molecule has 0 aliphatic carbocycles. The van der Waals surface area contributed by atoms with Gasteiger partial charge < -0.3 is 15.5 Å². The third kappa shape index (κ3) is 4.27. The number of aromatic amines is 1. The van der Waals surface area contributed by atoms with Gasteiger partial charge >= 0.3 is 6.61 Å². The number of H-pyrrole nitrogens is 1. The van der Waals surface area contributed by atoms with Crippen LogP contribution in [-0.2, 0) is 19.5 Å². The van der Waals surface area contributed by atoms with Gasteiger partial charge in [0.25, 0.3) is 5.56 Å². The maximum atomic E-state index is 12.7. The summed E-state index contributed by atoms with van der Waals surface area (Å²) in [6.07, 6.45) is 0.596. The van der Waals surface area contributed by atoms with Crippen molar-refractivity contribution >= 4 is 5.69 Å². The predicted octanol–water partition coefficient (Wildman–Crippen LogP) is 3.18. The Morgan fingerprint density at radius 3 is 2.69 bits per heavy atom. The topological polar surface area (TPSA) is 84.2 Å². The van der Waals surface area contributed by atoms with Crippen molar-refractivity contribution in [1.29, 1.82) is 0 Å². The summed E-state index contributed by atoms with van der Waals surface area (Å²) in [5.74, 6) is 0.664. The van der Waals surface area contributed by atoms with Crippen LogP contribution in [0.5, 0.6) is 5.75 Å². The van der Waals surface area contributed by atoms with E-state index in [1.54, 1.807) is 30.3 Å². The average molecular weight is 398 g/mol. The molecule has 1 aliphatic rings. The van der Waals surface area contributed by atoms with Gasteiger partial charge in [-0.3, -0.25) is 9.69 Å². The number of halogens is 2. The van der Waals surface area contributed by atoms with Crippen molar-refractivity contribution in [2.75, 3.05) is 12.3 Å². The number of aromatic nitrogens is 2. The van der Waals surface area contributed by atoms with Gasteiger partial charge in [0.05, 0.1) is 11.3 Å². The van der Waals surface area contributed by atoms with Crippen molar-refractivity contribution in [2.24, 2.45) is 0 Å². The molecule has 1 aliphatic heterocycles. The summed E-state index contributed by atoms with van der Waals surface area (Å²) >= 11 is 0. The van der Waals surface area contributed by atoms with E-state index in [1.165, 1.54) is 6.07 Å². The zero-order valence-electron chi connectivity index (χ0n) is 15.6. The molecule has 0 saturated carbocycles. The first-order valence-electron chi connectivity index (χ1n) is 9.22. The summed E-state index contributed by atoms with van der Waals surface area (Å²) in [5.41, 5.74) is 8.96. The molecule has 0 spiro atoms. The highest BCUT2D eigenvalue weighted by molar-refractivity contribution is 5.58. The van der Waals surface area contributed by atoms with E-state index in [2.05, 4.69) is 14.7 Å². The first-order chi connectivity index (χ1) is 14.0. The van der Waals surface area contributed by atoms with Crippen LogP contribution in [0.4, 0.5) is 14.5 Å². The molecule has 0 atom stereocenters. The van der Waals surface area contributed by atoms with Crippen molar-refractivity contribution < 1.29 is 13.5 Å². The number of nitrogens with zero attached hydrogens (tertiary/aromatic N) is 2. The standard InChI is InChI=1S/C21H20F2N4O2/c22-21(23)29-18-4-2-1-3-14(18)11-27-10-9-17-16(12-27)20(28)26-19(25-17)13-5-7-15(24)8-6-13/h1-8,21H,9-12,24H2,(H,25,26,28). The first kappa shape index (κ1) is 19.1. The van der Waals surface area contributed by atoms with E-state index in [-0.39, 0.29) is 11.3 Å². The number of rotatable bonds is 5. The van der Waals surface area contributed by atoms with Crippen molar-refractivity contribution in [2.45, 2.75) is 26.1 Å². The maximum absolute atomic E-state index is 12.7. The Labute approximate surface area is 166 Å². The zero-order chi connectivity index (χ0) is 20.4. The number of ether oxygens (including phenoxy) is 1. The molecule has 3 N–H and O–H groups in total. The van der Waals surface area contributed by atoms with Gasteiger partial charge in [-0.05, 0) is 30.3 Å². The number of hydrogen-bond acceptors (Lipinski definition) is 5. The third-order valence-electron chi connectivity index (χ3n) is 4.91. The molecule has 29 heavy (non-hydrogen) atoms. The fourth-order valence-electron chi connectivity index (χ4n) is 3.48. The van der Waals surface area contributed by atoms with E-state index in [1.807, 2.05) is 17.0 Å². The van der Waals surface area contributed by atoms with Crippen molar-refractivity contribution in [3.63, 3.8) is 0 Å². The molecular formula is C21H20F2N4O2. The highest BCUT2D eigenvalue weighted by atomic mass is 19.3. The average Bonchev–Trinajstić information content (AvgIpc) is 2.70. The molecular weight excluding hydrogens is 378 g/mol. The number of para-hydroxylation sites is 1. The van der Waals surface area contributed by atoms with Crippen molar-refractivity contribution in [1.82, 2.24) is 14.9 Å². The summed E-state index contributed by atoms with van der Waals surface area (Å²) in [6.45, 7) is -1.42. The lowest BCUT2D eigenvalue weighted by atomic mass is 10.0. The normalized spacial score (nSPS) is 14.0. The minimum atomic E-state index is -2.88. The number of hydrogen-bond donors (Lipinski definition) is 2. The van der Waals surface area contributed by atoms with Gasteiger partial charge in [-0.2, -0.15) is 8.78 Å². The second kappa shape index (κ2) is 8.00. The van der Waals surface area contributed by atoms with Crippen LogP contribution < -0.4 is 16.0 Å². The number of anilines is 1. The van der Waals surface area contributed by atoms with Gasteiger partial charge in [-0.15, -0.1) is 0 Å². The van der Waals surface area contributed by atoms with Crippen molar-refractivity contribution in [3.05, 3.63) is 75.7 Å². The number of nitrogens with one attached hydrogen (secondary N) is 1. The van der Waals surface area contributed by atoms with Crippen LogP contribution >= 0.6 is 0 Å². The summed E-state index contributed by atoms with van der Waals surface area (Å²) in [4.78, 5) is 22.1. The molecule has 0 saturated heterocycles. The lowest BCUT2D eigenvalue weighted by molar-refractivity contribution is -0.0508. The number of benzene rings is 2. The van der Waals surface area contributed by atoms with Gasteiger partial charge in [-0.1, -0.05) is 18.2 Å². The lowest BCUT2D eigenvalue weighted by Gasteiger charge is -2.28. The molecule has 0 unspecified atom stereocenters. The van der Waals surface area contributed by atoms with Gasteiger partial charge in [0.1, 0.15) is 11.6 Å². The Morgan fingerprint density at radius 1 is 1.17 bits per heavy atom. The lowest BCUT2D eigenvalue weighted by Crippen LogP contribution is -2.35. The molecule has 2 aromatic carbocycles. The largest absolute Gasteiger partial charge is 0.434 e.